The molecule has 2 aromatic rings. The molecule has 26 heavy (non-hydrogen) atoms. The fraction of sp³-hybridized carbons (Fsp3) is 0.316. The van der Waals surface area contributed by atoms with Crippen molar-refractivity contribution in [1.82, 2.24) is 10.3 Å². The van der Waals surface area contributed by atoms with Crippen LogP contribution in [-0.4, -0.2) is 41.2 Å². The van der Waals surface area contributed by atoms with Crippen LogP contribution in [0.15, 0.2) is 36.9 Å². The van der Waals surface area contributed by atoms with Crippen LogP contribution >= 0.6 is 11.6 Å². The van der Waals surface area contributed by atoms with E-state index in [4.69, 9.17) is 16.3 Å². The Morgan fingerprint density at radius 3 is 2.85 bits per heavy atom. The first-order valence-electron chi connectivity index (χ1n) is 8.32. The van der Waals surface area contributed by atoms with Crippen LogP contribution in [0.4, 0.5) is 0 Å². The summed E-state index contributed by atoms with van der Waals surface area (Å²) in [6.45, 7) is 3.57. The molecule has 0 saturated heterocycles. The van der Waals surface area contributed by atoms with Gasteiger partial charge < -0.3 is 15.2 Å². The highest BCUT2D eigenvalue weighted by Crippen LogP contribution is 2.40. The molecule has 1 fully saturated rings. The molecule has 1 aliphatic rings. The number of carbonyl (C=O) groups excluding carboxylic acids is 1. The van der Waals surface area contributed by atoms with Gasteiger partial charge in [-0.1, -0.05) is 17.7 Å². The van der Waals surface area contributed by atoms with Gasteiger partial charge in [-0.05, 0) is 37.1 Å². The molecule has 1 aliphatic carbocycles. The summed E-state index contributed by atoms with van der Waals surface area (Å²) in [5.74, 6) is -1.30. The molecule has 0 aliphatic heterocycles. The van der Waals surface area contributed by atoms with Crippen molar-refractivity contribution >= 4 is 34.4 Å². The van der Waals surface area contributed by atoms with Gasteiger partial charge in [0.1, 0.15) is 0 Å². The first-order valence-corrected chi connectivity index (χ1v) is 8.70. The zero-order valence-corrected chi connectivity index (χ0v) is 14.8. The number of carboxylic acid groups (broad SMARTS) is 1. The van der Waals surface area contributed by atoms with Crippen LogP contribution < -0.4 is 5.32 Å². The van der Waals surface area contributed by atoms with Gasteiger partial charge in [-0.15, -0.1) is 6.58 Å². The molecule has 2 N–H and O–H groups in total. The highest BCUT2D eigenvalue weighted by Gasteiger charge is 2.28. The van der Waals surface area contributed by atoms with Gasteiger partial charge in [0.25, 0.3) is 5.91 Å². The first-order chi connectivity index (χ1) is 12.5. The Kier molecular flexibility index (Phi) is 5.54. The van der Waals surface area contributed by atoms with Gasteiger partial charge >= 0.3 is 5.97 Å². The minimum atomic E-state index is -1.17. The van der Waals surface area contributed by atoms with Crippen molar-refractivity contribution in [2.75, 3.05) is 13.2 Å². The number of benzene rings is 1. The molecule has 1 atom stereocenters. The summed E-state index contributed by atoms with van der Waals surface area (Å²) in [4.78, 5) is 28.8. The van der Waals surface area contributed by atoms with Crippen molar-refractivity contribution in [2.45, 2.75) is 24.8 Å². The monoisotopic (exact) mass is 374 g/mol. The van der Waals surface area contributed by atoms with Gasteiger partial charge in [-0.3, -0.25) is 9.78 Å². The molecule has 0 radical (unpaired) electrons. The van der Waals surface area contributed by atoms with E-state index in [0.717, 1.165) is 18.5 Å². The molecule has 0 bridgehead atoms. The lowest BCUT2D eigenvalue weighted by Gasteiger charge is -2.16. The van der Waals surface area contributed by atoms with Crippen LogP contribution in [0, 0.1) is 0 Å². The summed E-state index contributed by atoms with van der Waals surface area (Å²) in [6.07, 6.45) is 3.60. The molecule has 1 saturated carbocycles. The van der Waals surface area contributed by atoms with Crippen LogP contribution in [0.5, 0.6) is 0 Å². The summed E-state index contributed by atoms with van der Waals surface area (Å²) in [7, 11) is 0. The maximum Gasteiger partial charge on any atom is 0.328 e. The largest absolute Gasteiger partial charge is 0.480 e. The van der Waals surface area contributed by atoms with Gasteiger partial charge in [0.2, 0.25) is 0 Å². The minimum absolute atomic E-state index is 0.146. The number of fused-ring (bicyclic) bond motifs is 1. The predicted molar refractivity (Wildman–Crippen MR) is 98.6 cm³/mol. The van der Waals surface area contributed by atoms with Crippen LogP contribution in [0.3, 0.4) is 0 Å². The second kappa shape index (κ2) is 7.85. The number of nitrogens with one attached hydrogen (secondary N) is 1. The van der Waals surface area contributed by atoms with Crippen LogP contribution in [0.1, 0.15) is 34.8 Å². The molecular weight excluding hydrogens is 356 g/mol. The van der Waals surface area contributed by atoms with Gasteiger partial charge in [0.15, 0.2) is 6.04 Å². The lowest BCUT2D eigenvalue weighted by Crippen LogP contribution is -2.44. The predicted octanol–water partition coefficient (Wildman–Crippen LogP) is 3.15. The number of aliphatic carboxylic acids is 1. The summed E-state index contributed by atoms with van der Waals surface area (Å²) in [5, 5.41) is 12.9. The normalized spacial score (nSPS) is 14.8. The van der Waals surface area contributed by atoms with Crippen molar-refractivity contribution in [3.63, 3.8) is 0 Å². The van der Waals surface area contributed by atoms with Gasteiger partial charge in [0, 0.05) is 22.0 Å². The SMILES string of the molecule is C=CCOCC(NC(=O)c1cc(C2CC2)nc2ccc(Cl)cc12)C(=O)O. The summed E-state index contributed by atoms with van der Waals surface area (Å²) in [6, 6.07) is 5.73. The average Bonchev–Trinajstić information content (AvgIpc) is 3.45. The van der Waals surface area contributed by atoms with Gasteiger partial charge in [-0.2, -0.15) is 0 Å². The van der Waals surface area contributed by atoms with Crippen LogP contribution in [-0.2, 0) is 9.53 Å². The van der Waals surface area contributed by atoms with E-state index in [9.17, 15) is 14.7 Å². The Morgan fingerprint density at radius 2 is 2.19 bits per heavy atom. The number of carbonyl (C=O) groups is 2. The molecule has 1 amide bonds. The second-order valence-electron chi connectivity index (χ2n) is 6.22. The Labute approximate surface area is 155 Å². The molecule has 1 unspecified atom stereocenters. The number of pyridine rings is 1. The Bertz CT molecular complexity index is 864. The van der Waals surface area contributed by atoms with E-state index in [1.807, 2.05) is 0 Å². The highest BCUT2D eigenvalue weighted by molar-refractivity contribution is 6.31. The Hall–Kier alpha value is -2.44. The molecule has 136 valence electrons. The lowest BCUT2D eigenvalue weighted by atomic mass is 10.0. The van der Waals surface area contributed by atoms with Gasteiger partial charge in [-0.25, -0.2) is 4.79 Å². The molecule has 1 heterocycles. The van der Waals surface area contributed by atoms with E-state index in [0.29, 0.717) is 27.4 Å². The standard InChI is InChI=1S/C19H19ClN2O4/c1-2-7-26-10-17(19(24)25)22-18(23)14-9-16(11-3-4-11)21-15-6-5-12(20)8-13(14)15/h2,5-6,8-9,11,17H,1,3-4,7,10H2,(H,22,23)(H,24,25). The third kappa shape index (κ3) is 4.20. The third-order valence-corrected chi connectivity index (χ3v) is 4.39. The number of nitrogens with zero attached hydrogens (tertiary/aromatic N) is 1. The summed E-state index contributed by atoms with van der Waals surface area (Å²) < 4.78 is 5.17. The van der Waals surface area contributed by atoms with Gasteiger partial charge in [0.05, 0.1) is 24.3 Å². The number of carboxylic acids is 1. The lowest BCUT2D eigenvalue weighted by molar-refractivity contribution is -0.140. The van der Waals surface area contributed by atoms with E-state index in [2.05, 4.69) is 16.9 Å². The summed E-state index contributed by atoms with van der Waals surface area (Å²) >= 11 is 6.07. The second-order valence-corrected chi connectivity index (χ2v) is 6.66. The third-order valence-electron chi connectivity index (χ3n) is 4.15. The number of hydrogen-bond donors (Lipinski definition) is 2. The van der Waals surface area contributed by atoms with Crippen molar-refractivity contribution in [3.8, 4) is 0 Å². The fourth-order valence-electron chi connectivity index (χ4n) is 2.67. The van der Waals surface area contributed by atoms with Crippen molar-refractivity contribution < 1.29 is 19.4 Å². The van der Waals surface area contributed by atoms with E-state index in [1.165, 1.54) is 6.08 Å². The van der Waals surface area contributed by atoms with Crippen LogP contribution in [0.25, 0.3) is 10.9 Å². The Morgan fingerprint density at radius 1 is 1.42 bits per heavy atom. The topological polar surface area (TPSA) is 88.5 Å². The number of amides is 1. The quantitative estimate of drug-likeness (QED) is 0.547. The fourth-order valence-corrected chi connectivity index (χ4v) is 2.85. The molecule has 1 aromatic carbocycles. The number of aromatic nitrogens is 1. The number of ether oxygens (including phenoxy) is 1. The summed E-state index contributed by atoms with van der Waals surface area (Å²) in [5.41, 5.74) is 1.88. The highest BCUT2D eigenvalue weighted by atomic mass is 35.5. The zero-order chi connectivity index (χ0) is 18.7. The molecule has 6 nitrogen and oxygen atoms in total. The maximum atomic E-state index is 12.8. The maximum absolute atomic E-state index is 12.8. The molecule has 7 heteroatoms. The average molecular weight is 375 g/mol. The van der Waals surface area contributed by atoms with Crippen molar-refractivity contribution in [1.29, 1.82) is 0 Å². The molecule has 0 spiro atoms. The van der Waals surface area contributed by atoms with Crippen molar-refractivity contribution in [2.24, 2.45) is 0 Å². The minimum Gasteiger partial charge on any atom is -0.480 e. The van der Waals surface area contributed by atoms with Crippen LogP contribution in [0.2, 0.25) is 5.02 Å². The number of halogens is 1. The van der Waals surface area contributed by atoms with E-state index in [-0.39, 0.29) is 13.2 Å². The van der Waals surface area contributed by atoms with E-state index in [1.54, 1.807) is 24.3 Å². The van der Waals surface area contributed by atoms with E-state index < -0.39 is 17.9 Å². The number of rotatable bonds is 8. The smallest absolute Gasteiger partial charge is 0.328 e. The van der Waals surface area contributed by atoms with Crippen molar-refractivity contribution in [3.05, 3.63) is 53.2 Å². The molecule has 3 rings (SSSR count). The zero-order valence-electron chi connectivity index (χ0n) is 14.1. The number of hydrogen-bond acceptors (Lipinski definition) is 4. The first kappa shape index (κ1) is 18.4. The van der Waals surface area contributed by atoms with E-state index >= 15 is 0 Å². The molecular formula is C19H19ClN2O4. The molecule has 1 aromatic heterocycles. The Balaban J connectivity index is 1.91.